The summed E-state index contributed by atoms with van der Waals surface area (Å²) in [4.78, 5) is 24.9. The molecule has 1 aromatic heterocycles. The number of H-pyrrole nitrogens is 1. The van der Waals surface area contributed by atoms with Crippen LogP contribution in [0.1, 0.15) is 12.0 Å². The topological polar surface area (TPSA) is 70.2 Å². The van der Waals surface area contributed by atoms with Crippen LogP contribution in [0.15, 0.2) is 33.5 Å². The second-order valence-electron chi connectivity index (χ2n) is 3.75. The molecule has 88 valence electrons. The Balaban J connectivity index is 2.45. The van der Waals surface area contributed by atoms with E-state index in [0.717, 1.165) is 15.4 Å². The van der Waals surface area contributed by atoms with Gasteiger partial charge in [0.2, 0.25) is 0 Å². The van der Waals surface area contributed by atoms with E-state index in [4.69, 9.17) is 5.11 Å². The van der Waals surface area contributed by atoms with Gasteiger partial charge >= 0.3 is 5.97 Å². The van der Waals surface area contributed by atoms with E-state index in [1.54, 1.807) is 6.07 Å². The quantitative estimate of drug-likeness (QED) is 0.913. The number of carboxylic acids is 1. The lowest BCUT2D eigenvalue weighted by molar-refractivity contribution is -0.136. The Morgan fingerprint density at radius 1 is 1.35 bits per heavy atom. The minimum atomic E-state index is -0.902. The molecule has 0 amide bonds. The predicted molar refractivity (Wildman–Crippen MR) is 68.2 cm³/mol. The van der Waals surface area contributed by atoms with E-state index in [9.17, 15) is 9.59 Å². The molecule has 0 saturated carbocycles. The second-order valence-corrected chi connectivity index (χ2v) is 4.66. The van der Waals surface area contributed by atoms with E-state index in [1.807, 2.05) is 18.2 Å². The zero-order valence-corrected chi connectivity index (χ0v) is 10.5. The van der Waals surface area contributed by atoms with Gasteiger partial charge in [0, 0.05) is 22.0 Å². The summed E-state index contributed by atoms with van der Waals surface area (Å²) in [5, 5.41) is 9.49. The molecule has 0 atom stereocenters. The zero-order valence-electron chi connectivity index (χ0n) is 8.87. The van der Waals surface area contributed by atoms with Gasteiger partial charge in [-0.25, -0.2) is 0 Å². The van der Waals surface area contributed by atoms with Crippen molar-refractivity contribution in [3.05, 3.63) is 44.7 Å². The van der Waals surface area contributed by atoms with Gasteiger partial charge in [0.25, 0.3) is 5.56 Å². The SMILES string of the molecule is O=C(O)CCc1cc2ccc(Br)cc2[nH]c1=O. The molecule has 0 bridgehead atoms. The summed E-state index contributed by atoms with van der Waals surface area (Å²) in [7, 11) is 0. The van der Waals surface area contributed by atoms with E-state index in [2.05, 4.69) is 20.9 Å². The average Bonchev–Trinajstić information content (AvgIpc) is 2.26. The highest BCUT2D eigenvalue weighted by Crippen LogP contribution is 2.17. The number of aryl methyl sites for hydroxylation is 1. The van der Waals surface area contributed by atoms with Gasteiger partial charge < -0.3 is 10.1 Å². The standard InChI is InChI=1S/C12H10BrNO3/c13-9-3-1-7-5-8(2-4-11(15)16)12(17)14-10(7)6-9/h1,3,5-6H,2,4H2,(H,14,17)(H,15,16). The predicted octanol–water partition coefficient (Wildman–Crippen LogP) is 2.31. The van der Waals surface area contributed by atoms with Crippen LogP contribution >= 0.6 is 15.9 Å². The van der Waals surface area contributed by atoms with Gasteiger partial charge in [-0.3, -0.25) is 9.59 Å². The number of carbonyl (C=O) groups is 1. The van der Waals surface area contributed by atoms with Crippen molar-refractivity contribution >= 4 is 32.8 Å². The minimum Gasteiger partial charge on any atom is -0.481 e. The van der Waals surface area contributed by atoms with Crippen molar-refractivity contribution in [2.45, 2.75) is 12.8 Å². The Kier molecular flexibility index (Phi) is 3.28. The van der Waals surface area contributed by atoms with Gasteiger partial charge in [-0.15, -0.1) is 0 Å². The van der Waals surface area contributed by atoms with E-state index in [1.165, 1.54) is 0 Å². The first-order valence-corrected chi connectivity index (χ1v) is 5.89. The number of rotatable bonds is 3. The van der Waals surface area contributed by atoms with Crippen LogP contribution in [0.3, 0.4) is 0 Å². The van der Waals surface area contributed by atoms with E-state index in [-0.39, 0.29) is 18.4 Å². The number of hydrogen-bond acceptors (Lipinski definition) is 2. The van der Waals surface area contributed by atoms with Crippen LogP contribution in [0, 0.1) is 0 Å². The first-order valence-electron chi connectivity index (χ1n) is 5.09. The number of halogens is 1. The molecule has 0 spiro atoms. The van der Waals surface area contributed by atoms with Gasteiger partial charge in [-0.05, 0) is 30.0 Å². The Morgan fingerprint density at radius 2 is 2.12 bits per heavy atom. The summed E-state index contributed by atoms with van der Waals surface area (Å²) >= 11 is 3.33. The molecule has 0 saturated heterocycles. The molecule has 4 nitrogen and oxygen atoms in total. The largest absolute Gasteiger partial charge is 0.481 e. The number of aliphatic carboxylic acids is 1. The Labute approximate surface area is 105 Å². The number of aromatic amines is 1. The van der Waals surface area contributed by atoms with Crippen LogP contribution in [0.25, 0.3) is 10.9 Å². The Bertz CT molecular complexity index is 633. The molecule has 1 heterocycles. The van der Waals surface area contributed by atoms with Crippen molar-refractivity contribution in [3.63, 3.8) is 0 Å². The molecule has 0 aliphatic rings. The lowest BCUT2D eigenvalue weighted by Crippen LogP contribution is -2.13. The number of carboxylic acid groups (broad SMARTS) is 1. The van der Waals surface area contributed by atoms with Gasteiger partial charge in [0.1, 0.15) is 0 Å². The van der Waals surface area contributed by atoms with Crippen molar-refractivity contribution in [2.24, 2.45) is 0 Å². The van der Waals surface area contributed by atoms with Gasteiger partial charge in [0.15, 0.2) is 0 Å². The Morgan fingerprint density at radius 3 is 2.82 bits per heavy atom. The van der Waals surface area contributed by atoms with Gasteiger partial charge in [-0.2, -0.15) is 0 Å². The molecule has 0 aliphatic heterocycles. The third-order valence-corrected chi connectivity index (χ3v) is 2.99. The number of fused-ring (bicyclic) bond motifs is 1. The Hall–Kier alpha value is -1.62. The first kappa shape index (κ1) is 11.9. The van der Waals surface area contributed by atoms with Crippen molar-refractivity contribution < 1.29 is 9.90 Å². The molecule has 0 fully saturated rings. The number of benzene rings is 1. The monoisotopic (exact) mass is 295 g/mol. The molecule has 5 heteroatoms. The van der Waals surface area contributed by atoms with Crippen molar-refractivity contribution in [2.75, 3.05) is 0 Å². The van der Waals surface area contributed by atoms with E-state index >= 15 is 0 Å². The number of pyridine rings is 1. The number of hydrogen-bond donors (Lipinski definition) is 2. The van der Waals surface area contributed by atoms with E-state index in [0.29, 0.717) is 5.56 Å². The van der Waals surface area contributed by atoms with Crippen LogP contribution in [-0.4, -0.2) is 16.1 Å². The first-order chi connectivity index (χ1) is 8.06. The lowest BCUT2D eigenvalue weighted by atomic mass is 10.1. The van der Waals surface area contributed by atoms with Crippen molar-refractivity contribution in [3.8, 4) is 0 Å². The molecule has 1 aromatic carbocycles. The minimum absolute atomic E-state index is 0.0366. The molecule has 0 aliphatic carbocycles. The van der Waals surface area contributed by atoms with Crippen LogP contribution in [0.5, 0.6) is 0 Å². The normalized spacial score (nSPS) is 10.6. The van der Waals surface area contributed by atoms with Crippen LogP contribution < -0.4 is 5.56 Å². The maximum Gasteiger partial charge on any atom is 0.303 e. The van der Waals surface area contributed by atoms with Crippen molar-refractivity contribution in [1.29, 1.82) is 0 Å². The molecule has 2 aromatic rings. The summed E-state index contributed by atoms with van der Waals surface area (Å²) in [6.07, 6.45) is 0.210. The molecule has 17 heavy (non-hydrogen) atoms. The summed E-state index contributed by atoms with van der Waals surface area (Å²) in [6, 6.07) is 7.31. The fraction of sp³-hybridized carbons (Fsp3) is 0.167. The second kappa shape index (κ2) is 4.71. The fourth-order valence-electron chi connectivity index (χ4n) is 1.65. The molecule has 2 N–H and O–H groups in total. The number of nitrogens with one attached hydrogen (secondary N) is 1. The molecular weight excluding hydrogens is 286 g/mol. The summed E-state index contributed by atoms with van der Waals surface area (Å²) < 4.78 is 0.888. The number of aromatic nitrogens is 1. The zero-order chi connectivity index (χ0) is 12.4. The molecule has 2 rings (SSSR count). The van der Waals surface area contributed by atoms with Crippen LogP contribution in [-0.2, 0) is 11.2 Å². The maximum atomic E-state index is 11.7. The lowest BCUT2D eigenvalue weighted by Gasteiger charge is -2.02. The third-order valence-electron chi connectivity index (χ3n) is 2.49. The van der Waals surface area contributed by atoms with Crippen LogP contribution in [0.4, 0.5) is 0 Å². The third kappa shape index (κ3) is 2.74. The maximum absolute atomic E-state index is 11.7. The summed E-state index contributed by atoms with van der Waals surface area (Å²) in [5.41, 5.74) is 1.02. The highest BCUT2D eigenvalue weighted by Gasteiger charge is 2.05. The van der Waals surface area contributed by atoms with Crippen LogP contribution in [0.2, 0.25) is 0 Å². The highest BCUT2D eigenvalue weighted by atomic mass is 79.9. The van der Waals surface area contributed by atoms with Crippen molar-refractivity contribution in [1.82, 2.24) is 4.98 Å². The fourth-order valence-corrected chi connectivity index (χ4v) is 2.01. The summed E-state index contributed by atoms with van der Waals surface area (Å²) in [5.74, 6) is -0.902. The average molecular weight is 296 g/mol. The van der Waals surface area contributed by atoms with E-state index < -0.39 is 5.97 Å². The molecular formula is C12H10BrNO3. The highest BCUT2D eigenvalue weighted by molar-refractivity contribution is 9.10. The van der Waals surface area contributed by atoms with Gasteiger partial charge in [-0.1, -0.05) is 22.0 Å². The smallest absolute Gasteiger partial charge is 0.303 e. The molecule has 0 unspecified atom stereocenters. The summed E-state index contributed by atoms with van der Waals surface area (Å²) in [6.45, 7) is 0. The molecule has 0 radical (unpaired) electrons. The van der Waals surface area contributed by atoms with Gasteiger partial charge in [0.05, 0.1) is 0 Å².